The monoisotopic (exact) mass is 202 g/mol. The molecule has 66 valence electrons. The molecule has 4 heteroatoms. The Kier molecular flexibility index (Phi) is 3.17. The lowest BCUT2D eigenvalue weighted by Crippen LogP contribution is -2.01. The van der Waals surface area contributed by atoms with Gasteiger partial charge in [0.2, 0.25) is 0 Å². The first-order valence-electron chi connectivity index (χ1n) is 3.63. The zero-order valence-electron chi connectivity index (χ0n) is 6.99. The van der Waals surface area contributed by atoms with Gasteiger partial charge in [0.1, 0.15) is 0 Å². The lowest BCUT2D eigenvalue weighted by Gasteiger charge is -1.97. The first-order valence-corrected chi connectivity index (χ1v) is 5.77. The minimum Gasteiger partial charge on any atom is -0.290 e. The van der Waals surface area contributed by atoms with E-state index < -0.39 is 10.8 Å². The molecule has 1 aromatic heterocycles. The molecule has 0 amide bonds. The van der Waals surface area contributed by atoms with Crippen LogP contribution in [0.5, 0.6) is 0 Å². The van der Waals surface area contributed by atoms with Crippen molar-refractivity contribution in [3.8, 4) is 0 Å². The van der Waals surface area contributed by atoms with Gasteiger partial charge >= 0.3 is 0 Å². The highest BCUT2D eigenvalue weighted by Crippen LogP contribution is 2.13. The number of rotatable bonds is 2. The topological polar surface area (TPSA) is 34.1 Å². The van der Waals surface area contributed by atoms with E-state index in [2.05, 4.69) is 0 Å². The van der Waals surface area contributed by atoms with E-state index in [0.29, 0.717) is 9.96 Å². The van der Waals surface area contributed by atoms with Gasteiger partial charge in [0, 0.05) is 16.7 Å². The number of hydrogen-bond donors (Lipinski definition) is 0. The Bertz CT molecular complexity index is 354. The molecular weight excluding hydrogens is 192 g/mol. The largest absolute Gasteiger partial charge is 0.290 e. The fourth-order valence-corrected chi connectivity index (χ4v) is 3.15. The van der Waals surface area contributed by atoms with Crippen LogP contribution in [0.3, 0.4) is 0 Å². The molecule has 1 unspecified atom stereocenters. The second-order valence-corrected chi connectivity index (χ2v) is 5.61. The zero-order chi connectivity index (χ0) is 9.14. The highest BCUT2D eigenvalue weighted by molar-refractivity contribution is 7.87. The van der Waals surface area contributed by atoms with Gasteiger partial charge in [-0.3, -0.25) is 9.00 Å². The molecule has 1 atom stereocenters. The fourth-order valence-electron chi connectivity index (χ4n) is 0.830. The lowest BCUT2D eigenvalue weighted by molar-refractivity contribution is 0.685. The van der Waals surface area contributed by atoms with Crippen LogP contribution in [0.4, 0.5) is 0 Å². The van der Waals surface area contributed by atoms with Crippen LogP contribution in [0.25, 0.3) is 0 Å². The third-order valence-electron chi connectivity index (χ3n) is 1.35. The molecule has 0 radical (unpaired) electrons. The third kappa shape index (κ3) is 2.25. The van der Waals surface area contributed by atoms with Crippen LogP contribution in [0.15, 0.2) is 21.1 Å². The second kappa shape index (κ2) is 3.96. The van der Waals surface area contributed by atoms with Gasteiger partial charge in [-0.25, -0.2) is 0 Å². The molecule has 0 spiro atoms. The number of aryl methyl sites for hydroxylation is 1. The van der Waals surface area contributed by atoms with Crippen molar-refractivity contribution in [2.75, 3.05) is 5.75 Å². The smallest absolute Gasteiger partial charge is 0.181 e. The quantitative estimate of drug-likeness (QED) is 0.729. The molecule has 0 N–H and O–H groups in total. The molecule has 12 heavy (non-hydrogen) atoms. The van der Waals surface area contributed by atoms with Gasteiger partial charge in [0.25, 0.3) is 0 Å². The summed E-state index contributed by atoms with van der Waals surface area (Å²) in [6.45, 7) is 3.69. The van der Waals surface area contributed by atoms with E-state index in [9.17, 15) is 9.00 Å². The highest BCUT2D eigenvalue weighted by Gasteiger charge is 2.03. The zero-order valence-corrected chi connectivity index (χ0v) is 8.63. The molecule has 0 saturated heterocycles. The first kappa shape index (κ1) is 9.61. The predicted molar refractivity (Wildman–Crippen MR) is 52.3 cm³/mol. The Morgan fingerprint density at radius 1 is 1.50 bits per heavy atom. The maximum atomic E-state index is 11.3. The predicted octanol–water partition coefficient (Wildman–Crippen LogP) is 1.54. The average Bonchev–Trinajstić information content (AvgIpc) is 2.01. The summed E-state index contributed by atoms with van der Waals surface area (Å²) in [5.41, 5.74) is -0.0527. The third-order valence-corrected chi connectivity index (χ3v) is 4.01. The summed E-state index contributed by atoms with van der Waals surface area (Å²) >= 11 is 1.42. The van der Waals surface area contributed by atoms with Gasteiger partial charge in [-0.2, -0.15) is 0 Å². The Balaban J connectivity index is 3.17. The summed E-state index contributed by atoms with van der Waals surface area (Å²) in [6.07, 6.45) is 0. The minimum atomic E-state index is -0.992. The van der Waals surface area contributed by atoms with E-state index in [1.807, 2.05) is 13.8 Å². The molecule has 0 fully saturated rings. The fraction of sp³-hybridized carbons (Fsp3) is 0.375. The van der Waals surface area contributed by atoms with Gasteiger partial charge in [-0.05, 0) is 13.0 Å². The molecule has 0 aliphatic carbocycles. The summed E-state index contributed by atoms with van der Waals surface area (Å²) in [4.78, 5) is 11.9. The molecular formula is C8H10O2S2. The normalized spacial score (nSPS) is 12.8. The van der Waals surface area contributed by atoms with E-state index in [4.69, 9.17) is 0 Å². The van der Waals surface area contributed by atoms with Crippen LogP contribution in [-0.4, -0.2) is 9.96 Å². The van der Waals surface area contributed by atoms with Gasteiger partial charge in [-0.15, -0.1) is 11.3 Å². The first-order chi connectivity index (χ1) is 5.63. The van der Waals surface area contributed by atoms with Crippen molar-refractivity contribution in [1.29, 1.82) is 0 Å². The van der Waals surface area contributed by atoms with Crippen molar-refractivity contribution >= 4 is 22.1 Å². The Hall–Kier alpha value is -0.480. The van der Waals surface area contributed by atoms with E-state index >= 15 is 0 Å². The van der Waals surface area contributed by atoms with Crippen LogP contribution < -0.4 is 5.43 Å². The summed E-state index contributed by atoms with van der Waals surface area (Å²) in [5, 5.41) is 0. The van der Waals surface area contributed by atoms with Crippen molar-refractivity contribution in [3.63, 3.8) is 0 Å². The van der Waals surface area contributed by atoms with Gasteiger partial charge in [-0.1, -0.05) is 6.92 Å². The molecule has 0 aliphatic heterocycles. The molecule has 1 aromatic rings. The minimum absolute atomic E-state index is 0.0527. The van der Waals surface area contributed by atoms with Crippen molar-refractivity contribution in [3.05, 3.63) is 27.2 Å². The maximum Gasteiger partial charge on any atom is 0.181 e. The summed E-state index contributed by atoms with van der Waals surface area (Å²) in [6, 6.07) is 3.01. The summed E-state index contributed by atoms with van der Waals surface area (Å²) in [7, 11) is -0.992. The van der Waals surface area contributed by atoms with Gasteiger partial charge in [0.05, 0.1) is 15.0 Å². The van der Waals surface area contributed by atoms with Crippen molar-refractivity contribution < 1.29 is 4.21 Å². The van der Waals surface area contributed by atoms with Crippen LogP contribution in [-0.2, 0) is 10.8 Å². The van der Waals surface area contributed by atoms with Crippen molar-refractivity contribution in [2.24, 2.45) is 0 Å². The maximum absolute atomic E-state index is 11.3. The molecule has 2 nitrogen and oxygen atoms in total. The van der Waals surface area contributed by atoms with Crippen LogP contribution in [0, 0.1) is 6.92 Å². The standard InChI is InChI=1S/C8H10O2S2/c1-3-12(10)8-5-7(9)4-6(2)11-8/h4-5H,3H2,1-2H3. The van der Waals surface area contributed by atoms with Crippen molar-refractivity contribution in [2.45, 2.75) is 18.1 Å². The molecule has 1 heterocycles. The molecule has 0 bridgehead atoms. The SMILES string of the molecule is CCS(=O)c1cc(=O)cc(C)s1. The Labute approximate surface area is 77.7 Å². The average molecular weight is 202 g/mol. The molecule has 0 aromatic carbocycles. The summed E-state index contributed by atoms with van der Waals surface area (Å²) in [5.74, 6) is 0.569. The van der Waals surface area contributed by atoms with Crippen LogP contribution >= 0.6 is 11.3 Å². The molecule has 0 aliphatic rings. The van der Waals surface area contributed by atoms with Crippen molar-refractivity contribution in [1.82, 2.24) is 0 Å². The highest BCUT2D eigenvalue weighted by atomic mass is 32.2. The van der Waals surface area contributed by atoms with E-state index in [0.717, 1.165) is 4.88 Å². The van der Waals surface area contributed by atoms with Gasteiger partial charge < -0.3 is 0 Å². The van der Waals surface area contributed by atoms with Crippen LogP contribution in [0.1, 0.15) is 11.8 Å². The number of hydrogen-bond acceptors (Lipinski definition) is 3. The molecule has 1 rings (SSSR count). The summed E-state index contributed by atoms with van der Waals surface area (Å²) < 4.78 is 12.0. The van der Waals surface area contributed by atoms with E-state index in [-0.39, 0.29) is 5.43 Å². The van der Waals surface area contributed by atoms with Gasteiger partial charge in [0.15, 0.2) is 5.43 Å². The van der Waals surface area contributed by atoms with E-state index in [1.54, 1.807) is 6.07 Å². The second-order valence-electron chi connectivity index (χ2n) is 2.36. The Morgan fingerprint density at radius 3 is 2.67 bits per heavy atom. The van der Waals surface area contributed by atoms with E-state index in [1.165, 1.54) is 17.4 Å². The molecule has 0 saturated carbocycles. The van der Waals surface area contributed by atoms with Crippen LogP contribution in [0.2, 0.25) is 0 Å². The Morgan fingerprint density at radius 2 is 2.17 bits per heavy atom. The lowest BCUT2D eigenvalue weighted by atomic mass is 10.5.